The monoisotopic (exact) mass is 212 g/mol. The SMILES string of the molecule is Cc1nnc(SC[C@@H]2CCCN2)n1C. The van der Waals surface area contributed by atoms with E-state index in [0.29, 0.717) is 6.04 Å². The van der Waals surface area contributed by atoms with Crippen molar-refractivity contribution in [1.29, 1.82) is 0 Å². The molecule has 0 unspecified atom stereocenters. The Balaban J connectivity index is 1.88. The van der Waals surface area contributed by atoms with E-state index in [-0.39, 0.29) is 0 Å². The van der Waals surface area contributed by atoms with Crippen LogP contribution in [-0.2, 0) is 7.05 Å². The van der Waals surface area contributed by atoms with Crippen molar-refractivity contribution in [3.8, 4) is 0 Å². The van der Waals surface area contributed by atoms with E-state index in [2.05, 4.69) is 15.5 Å². The van der Waals surface area contributed by atoms with Gasteiger partial charge in [0.25, 0.3) is 0 Å². The van der Waals surface area contributed by atoms with Crippen molar-refractivity contribution in [2.24, 2.45) is 7.05 Å². The van der Waals surface area contributed by atoms with Crippen molar-refractivity contribution < 1.29 is 0 Å². The van der Waals surface area contributed by atoms with Gasteiger partial charge in [-0.15, -0.1) is 10.2 Å². The first kappa shape index (κ1) is 9.98. The Hall–Kier alpha value is -0.550. The number of rotatable bonds is 3. The van der Waals surface area contributed by atoms with Crippen molar-refractivity contribution in [1.82, 2.24) is 20.1 Å². The van der Waals surface area contributed by atoms with Crippen molar-refractivity contribution in [2.45, 2.75) is 31.0 Å². The van der Waals surface area contributed by atoms with Crippen molar-refractivity contribution in [3.05, 3.63) is 5.82 Å². The minimum absolute atomic E-state index is 0.664. The third-order valence-corrected chi connectivity index (χ3v) is 3.81. The summed E-state index contributed by atoms with van der Waals surface area (Å²) in [4.78, 5) is 0. The molecule has 0 bridgehead atoms. The Kier molecular flexibility index (Phi) is 3.08. The fourth-order valence-electron chi connectivity index (χ4n) is 1.59. The highest BCUT2D eigenvalue weighted by Crippen LogP contribution is 2.19. The first-order valence-electron chi connectivity index (χ1n) is 4.99. The lowest BCUT2D eigenvalue weighted by molar-refractivity contribution is 0.670. The molecule has 1 saturated heterocycles. The Morgan fingerprint density at radius 1 is 1.57 bits per heavy atom. The molecule has 0 aliphatic carbocycles. The van der Waals surface area contributed by atoms with Gasteiger partial charge < -0.3 is 9.88 Å². The molecule has 78 valence electrons. The normalized spacial score (nSPS) is 21.7. The number of nitrogens with zero attached hydrogens (tertiary/aromatic N) is 3. The highest BCUT2D eigenvalue weighted by Gasteiger charge is 2.15. The largest absolute Gasteiger partial charge is 0.313 e. The summed E-state index contributed by atoms with van der Waals surface area (Å²) in [5.41, 5.74) is 0. The van der Waals surface area contributed by atoms with E-state index < -0.39 is 0 Å². The molecule has 1 aromatic rings. The van der Waals surface area contributed by atoms with Gasteiger partial charge in [0, 0.05) is 18.8 Å². The van der Waals surface area contributed by atoms with Crippen LogP contribution in [0.2, 0.25) is 0 Å². The summed E-state index contributed by atoms with van der Waals surface area (Å²) in [5, 5.41) is 12.7. The predicted molar refractivity (Wildman–Crippen MR) is 57.5 cm³/mol. The van der Waals surface area contributed by atoms with Gasteiger partial charge in [0.2, 0.25) is 0 Å². The summed E-state index contributed by atoms with van der Waals surface area (Å²) in [7, 11) is 2.01. The van der Waals surface area contributed by atoms with Gasteiger partial charge in [-0.3, -0.25) is 0 Å². The number of nitrogens with one attached hydrogen (secondary N) is 1. The molecule has 1 fully saturated rings. The summed E-state index contributed by atoms with van der Waals surface area (Å²) in [5.74, 6) is 2.08. The molecule has 4 nitrogen and oxygen atoms in total. The number of hydrogen-bond acceptors (Lipinski definition) is 4. The van der Waals surface area contributed by atoms with Crippen LogP contribution in [0.1, 0.15) is 18.7 Å². The molecule has 5 heteroatoms. The molecule has 0 saturated carbocycles. The molecule has 0 radical (unpaired) electrons. The van der Waals surface area contributed by atoms with Gasteiger partial charge >= 0.3 is 0 Å². The van der Waals surface area contributed by atoms with Crippen LogP contribution in [0.25, 0.3) is 0 Å². The molecule has 1 aromatic heterocycles. The lowest BCUT2D eigenvalue weighted by Gasteiger charge is -2.08. The highest BCUT2D eigenvalue weighted by atomic mass is 32.2. The molecule has 2 rings (SSSR count). The van der Waals surface area contributed by atoms with Crippen molar-refractivity contribution >= 4 is 11.8 Å². The van der Waals surface area contributed by atoms with Crippen LogP contribution < -0.4 is 5.32 Å². The maximum Gasteiger partial charge on any atom is 0.190 e. The van der Waals surface area contributed by atoms with Gasteiger partial charge in [-0.25, -0.2) is 0 Å². The van der Waals surface area contributed by atoms with Gasteiger partial charge in [0.1, 0.15) is 5.82 Å². The second kappa shape index (κ2) is 4.31. The van der Waals surface area contributed by atoms with Crippen LogP contribution in [-0.4, -0.2) is 33.1 Å². The third kappa shape index (κ3) is 2.09. The average molecular weight is 212 g/mol. The van der Waals surface area contributed by atoms with E-state index >= 15 is 0 Å². The van der Waals surface area contributed by atoms with Crippen LogP contribution in [0.15, 0.2) is 5.16 Å². The quantitative estimate of drug-likeness (QED) is 0.758. The van der Waals surface area contributed by atoms with Crippen molar-refractivity contribution in [3.63, 3.8) is 0 Å². The van der Waals surface area contributed by atoms with Crippen molar-refractivity contribution in [2.75, 3.05) is 12.3 Å². The number of aryl methyl sites for hydroxylation is 1. The standard InChI is InChI=1S/C9H16N4S/c1-7-11-12-9(13(7)2)14-6-8-4-3-5-10-8/h8,10H,3-6H2,1-2H3/t8-/m0/s1. The lowest BCUT2D eigenvalue weighted by atomic mass is 10.3. The summed E-state index contributed by atoms with van der Waals surface area (Å²) in [6.45, 7) is 3.15. The molecule has 0 amide bonds. The number of thioether (sulfide) groups is 1. The van der Waals surface area contributed by atoms with Crippen LogP contribution in [0.3, 0.4) is 0 Å². The molecule has 0 spiro atoms. The van der Waals surface area contributed by atoms with E-state index in [1.54, 1.807) is 11.8 Å². The molecular formula is C9H16N4S. The van der Waals surface area contributed by atoms with E-state index in [9.17, 15) is 0 Å². The first-order chi connectivity index (χ1) is 6.77. The fourth-order valence-corrected chi connectivity index (χ4v) is 2.65. The number of aromatic nitrogens is 3. The topological polar surface area (TPSA) is 42.7 Å². The smallest absolute Gasteiger partial charge is 0.190 e. The zero-order valence-corrected chi connectivity index (χ0v) is 9.47. The Morgan fingerprint density at radius 3 is 3.00 bits per heavy atom. The maximum atomic E-state index is 4.12. The van der Waals surface area contributed by atoms with Gasteiger partial charge in [-0.05, 0) is 26.3 Å². The van der Waals surface area contributed by atoms with Gasteiger partial charge in [-0.1, -0.05) is 11.8 Å². The van der Waals surface area contributed by atoms with E-state index in [0.717, 1.165) is 16.7 Å². The van der Waals surface area contributed by atoms with E-state index in [4.69, 9.17) is 0 Å². The summed E-state index contributed by atoms with van der Waals surface area (Å²) in [6.07, 6.45) is 2.60. The van der Waals surface area contributed by atoms with E-state index in [1.165, 1.54) is 19.4 Å². The molecule has 14 heavy (non-hydrogen) atoms. The minimum Gasteiger partial charge on any atom is -0.313 e. The maximum absolute atomic E-state index is 4.12. The molecule has 1 aliphatic rings. The minimum atomic E-state index is 0.664. The summed E-state index contributed by atoms with van der Waals surface area (Å²) in [6, 6.07) is 0.664. The Bertz CT molecular complexity index is 304. The van der Waals surface area contributed by atoms with Crippen LogP contribution in [0.5, 0.6) is 0 Å². The third-order valence-electron chi connectivity index (χ3n) is 2.63. The highest BCUT2D eigenvalue weighted by molar-refractivity contribution is 7.99. The first-order valence-corrected chi connectivity index (χ1v) is 5.98. The molecule has 2 heterocycles. The van der Waals surface area contributed by atoms with Crippen LogP contribution in [0, 0.1) is 6.92 Å². The molecular weight excluding hydrogens is 196 g/mol. The second-order valence-corrected chi connectivity index (χ2v) is 4.68. The van der Waals surface area contributed by atoms with Crippen LogP contribution in [0.4, 0.5) is 0 Å². The molecule has 0 aromatic carbocycles. The Morgan fingerprint density at radius 2 is 2.43 bits per heavy atom. The summed E-state index contributed by atoms with van der Waals surface area (Å²) >= 11 is 1.79. The molecule has 1 atom stereocenters. The van der Waals surface area contributed by atoms with Gasteiger partial charge in [0.15, 0.2) is 5.16 Å². The van der Waals surface area contributed by atoms with Gasteiger partial charge in [0.05, 0.1) is 0 Å². The zero-order chi connectivity index (χ0) is 9.97. The second-order valence-electron chi connectivity index (χ2n) is 3.69. The van der Waals surface area contributed by atoms with Crippen LogP contribution >= 0.6 is 11.8 Å². The summed E-state index contributed by atoms with van der Waals surface area (Å²) < 4.78 is 2.04. The molecule has 1 aliphatic heterocycles. The lowest BCUT2D eigenvalue weighted by Crippen LogP contribution is -2.23. The fraction of sp³-hybridized carbons (Fsp3) is 0.778. The van der Waals surface area contributed by atoms with Gasteiger partial charge in [-0.2, -0.15) is 0 Å². The van der Waals surface area contributed by atoms with E-state index in [1.807, 2.05) is 18.5 Å². The zero-order valence-electron chi connectivity index (χ0n) is 8.66. The average Bonchev–Trinajstić information content (AvgIpc) is 2.77. The number of hydrogen-bond donors (Lipinski definition) is 1. The molecule has 1 N–H and O–H groups in total. The predicted octanol–water partition coefficient (Wildman–Crippen LogP) is 0.968. The Labute approximate surface area is 88.5 Å².